The van der Waals surface area contributed by atoms with Crippen molar-refractivity contribution in [3.63, 3.8) is 0 Å². The molecule has 0 unspecified atom stereocenters. The molecule has 0 bridgehead atoms. The number of aromatic nitrogens is 4. The minimum atomic E-state index is -0.476. The largest absolute Gasteiger partial charge is 0.499 e. The van der Waals surface area contributed by atoms with Crippen LogP contribution in [0.5, 0.6) is 11.5 Å². The number of aryl methyl sites for hydroxylation is 4. The van der Waals surface area contributed by atoms with Crippen molar-refractivity contribution in [2.24, 2.45) is 0 Å². The van der Waals surface area contributed by atoms with E-state index in [2.05, 4.69) is 88.5 Å². The summed E-state index contributed by atoms with van der Waals surface area (Å²) in [5.74, 6) is 7.04. The molecule has 23 heteroatoms. The fourth-order valence-electron chi connectivity index (χ4n) is 12.6. The summed E-state index contributed by atoms with van der Waals surface area (Å²) < 4.78 is 70.6. The fraction of sp³-hybridized carbons (Fsp3) is 0.318. The van der Waals surface area contributed by atoms with Crippen LogP contribution in [0.15, 0.2) is 222 Å². The van der Waals surface area contributed by atoms with Gasteiger partial charge in [0.05, 0.1) is 57.9 Å². The Morgan fingerprint density at radius 1 is 0.396 bits per heavy atom. The third kappa shape index (κ3) is 18.5. The van der Waals surface area contributed by atoms with Crippen LogP contribution in [0.1, 0.15) is 131 Å². The Morgan fingerprint density at radius 3 is 1.27 bits per heavy atom. The molecule has 17 rings (SSSR count). The van der Waals surface area contributed by atoms with Gasteiger partial charge in [-0.2, -0.15) is 0 Å². The number of rotatable bonds is 11. The standard InChI is InChI=1S/C25H21N3O2.C16H14ClN3O.C15H19BO3.C12H24B2O4.C9H7BrO.C9H8O.C2H6/c1-16-22(18-11-6-7-13-20(18)30-16)25-27-23-19(12-8-14-21(23)29-2)24(28-25)26-15-17-9-4-3-5-10-17;1-21-13-9-5-8-12-14(13)19-16(17)20-15(12)18-10-11-6-3-2-4-7-11;1-10-13(11-8-6-7-9-12(11)17-10)16-18-14(2,3)15(4,5)19-16;1-9(2)10(3,4)16-13(15-9)14-17-11(5,6)12(7,8)18-14;1-6-9(10)7-4-2-3-5-8(7)11-6;1-7-6-8-4-2-3-5-9(8)10-7;1-2/h3-14H,15H2,1-2H3,(H,26,27,28);2-9H,10H2,1H3,(H,18,19,20);6-9H,1-5H3;1-8H3;2-5H,1H3;2-6H,1H3;1-2H3. The van der Waals surface area contributed by atoms with Gasteiger partial charge >= 0.3 is 21.1 Å². The maximum absolute atomic E-state index is 6.12. The maximum Gasteiger partial charge on any atom is 0.499 e. The van der Waals surface area contributed by atoms with Crippen LogP contribution in [0.25, 0.3) is 77.1 Å². The van der Waals surface area contributed by atoms with Gasteiger partial charge in [-0.25, -0.2) is 19.9 Å². The maximum atomic E-state index is 6.12. The van der Waals surface area contributed by atoms with Crippen LogP contribution in [0.2, 0.25) is 5.28 Å². The lowest BCUT2D eigenvalue weighted by atomic mass is 9.49. The summed E-state index contributed by atoms with van der Waals surface area (Å²) in [4.78, 5) is 18.3. The molecule has 14 aromatic rings. The van der Waals surface area contributed by atoms with Crippen molar-refractivity contribution in [3.8, 4) is 22.9 Å². The molecule has 3 aliphatic rings. The minimum absolute atomic E-state index is 0.197. The smallest absolute Gasteiger partial charge is 0.494 e. The molecule has 0 atom stereocenters. The molecule has 0 radical (unpaired) electrons. The van der Waals surface area contributed by atoms with Crippen molar-refractivity contribution in [2.45, 2.75) is 171 Å². The van der Waals surface area contributed by atoms with Gasteiger partial charge in [0.1, 0.15) is 79.5 Å². The molecular weight excluding hydrogens is 1480 g/mol. The van der Waals surface area contributed by atoms with Gasteiger partial charge in [0.25, 0.3) is 0 Å². The van der Waals surface area contributed by atoms with E-state index < -0.39 is 14.0 Å². The number of para-hydroxylation sites is 6. The monoisotopic (exact) mass is 1580 g/mol. The van der Waals surface area contributed by atoms with Gasteiger partial charge in [-0.1, -0.05) is 153 Å². The first-order valence-corrected chi connectivity index (χ1v) is 38.6. The summed E-state index contributed by atoms with van der Waals surface area (Å²) in [6.45, 7) is 37.6. The molecule has 6 aromatic heterocycles. The number of benzene rings is 8. The minimum Gasteiger partial charge on any atom is -0.494 e. The van der Waals surface area contributed by atoms with E-state index in [1.165, 1.54) is 16.5 Å². The van der Waals surface area contributed by atoms with Crippen molar-refractivity contribution in [1.82, 2.24) is 19.9 Å². The summed E-state index contributed by atoms with van der Waals surface area (Å²) >= 11 is 9.47. The average Bonchev–Trinajstić information content (AvgIpc) is 1.64. The Labute approximate surface area is 665 Å². The predicted molar refractivity (Wildman–Crippen MR) is 454 cm³/mol. The summed E-state index contributed by atoms with van der Waals surface area (Å²) in [6, 6.07) is 65.9. The number of nitrogens with zero attached hydrogens (tertiary/aromatic N) is 4. The summed E-state index contributed by atoms with van der Waals surface area (Å²) in [5, 5.41) is 13.2. The zero-order chi connectivity index (χ0) is 79.8. The van der Waals surface area contributed by atoms with Crippen LogP contribution in [-0.4, -0.2) is 88.9 Å². The number of methoxy groups -OCH3 is 2. The van der Waals surface area contributed by atoms with Crippen LogP contribution in [0, 0.1) is 27.7 Å². The molecule has 0 saturated carbocycles. The number of fused-ring (bicyclic) bond motifs is 6. The number of ether oxygens (including phenoxy) is 2. The molecular formula is C88H99B3BrClN6O12. The third-order valence-corrected chi connectivity index (χ3v) is 21.9. The van der Waals surface area contributed by atoms with Crippen LogP contribution < -0.4 is 25.6 Å². The van der Waals surface area contributed by atoms with Gasteiger partial charge in [0, 0.05) is 50.9 Å². The van der Waals surface area contributed by atoms with E-state index in [1.807, 2.05) is 273 Å². The van der Waals surface area contributed by atoms with Gasteiger partial charge in [-0.15, -0.1) is 0 Å². The molecule has 111 heavy (non-hydrogen) atoms. The molecule has 0 amide bonds. The van der Waals surface area contributed by atoms with Gasteiger partial charge in [-0.05, 0) is 210 Å². The summed E-state index contributed by atoms with van der Waals surface area (Å²) in [5.41, 5.74) is 7.25. The average molecular weight is 1580 g/mol. The van der Waals surface area contributed by atoms with Crippen molar-refractivity contribution in [3.05, 3.63) is 244 Å². The lowest BCUT2D eigenvalue weighted by molar-refractivity contribution is 0.00578. The first-order chi connectivity index (χ1) is 52.9. The number of nitrogens with one attached hydrogen (secondary N) is 2. The second kappa shape index (κ2) is 34.6. The quantitative estimate of drug-likeness (QED) is 0.0913. The van der Waals surface area contributed by atoms with E-state index in [4.69, 9.17) is 76.6 Å². The number of anilines is 2. The first-order valence-electron chi connectivity index (χ1n) is 37.4. The first kappa shape index (κ1) is 82.5. The van der Waals surface area contributed by atoms with Crippen LogP contribution in [0.3, 0.4) is 0 Å². The Morgan fingerprint density at radius 2 is 0.784 bits per heavy atom. The van der Waals surface area contributed by atoms with E-state index in [9.17, 15) is 0 Å². The van der Waals surface area contributed by atoms with E-state index >= 15 is 0 Å². The van der Waals surface area contributed by atoms with Gasteiger partial charge < -0.3 is 65.7 Å². The number of halogens is 2. The molecule has 9 heterocycles. The summed E-state index contributed by atoms with van der Waals surface area (Å²) in [7, 11) is 1.95. The molecule has 8 aromatic carbocycles. The number of hydrogen-bond acceptors (Lipinski definition) is 18. The van der Waals surface area contributed by atoms with E-state index in [1.54, 1.807) is 14.2 Å². The van der Waals surface area contributed by atoms with Crippen molar-refractivity contribution in [1.29, 1.82) is 0 Å². The van der Waals surface area contributed by atoms with Crippen LogP contribution in [-0.2, 0) is 41.0 Å². The molecule has 576 valence electrons. The van der Waals surface area contributed by atoms with E-state index in [-0.39, 0.29) is 46.0 Å². The van der Waals surface area contributed by atoms with Crippen molar-refractivity contribution >= 4 is 131 Å². The lowest BCUT2D eigenvalue weighted by Crippen LogP contribution is -2.41. The highest BCUT2D eigenvalue weighted by atomic mass is 79.9. The highest BCUT2D eigenvalue weighted by Gasteiger charge is 2.64. The Hall–Kier alpha value is -9.48. The zero-order valence-electron chi connectivity index (χ0n) is 67.1. The normalized spacial score (nSPS) is 15.9. The van der Waals surface area contributed by atoms with Gasteiger partial charge in [0.15, 0.2) is 5.82 Å². The predicted octanol–water partition coefficient (Wildman–Crippen LogP) is 22.4. The number of hydrogen-bond donors (Lipinski definition) is 2. The molecule has 3 saturated heterocycles. The third-order valence-electron chi connectivity index (χ3n) is 20.7. The lowest BCUT2D eigenvalue weighted by Gasteiger charge is -2.32. The Balaban J connectivity index is 0.000000136. The SMILES string of the molecule is CC.CC1(C)OB(B2OC(C)(C)C(C)(C)O2)OC1(C)C.COc1cccc2c(NCc3ccccc3)nc(-c3c(C)oc4ccccc34)nc12.COc1cccc2c(NCc3ccccc3)nc(Cl)nc12.Cc1cc2ccccc2o1.Cc1oc2ccccc2c1B1OC(C)(C)C(C)(C)O1.Cc1oc2ccccc2c1Br. The second-order valence-corrected chi connectivity index (χ2v) is 31.1. The molecule has 0 aliphatic carbocycles. The Kier molecular flexibility index (Phi) is 25.7. The Bertz CT molecular complexity index is 5380. The zero-order valence-corrected chi connectivity index (χ0v) is 69.5. The number of furan rings is 4. The molecule has 18 nitrogen and oxygen atoms in total. The van der Waals surface area contributed by atoms with E-state index in [0.29, 0.717) is 41.7 Å². The highest BCUT2D eigenvalue weighted by Crippen LogP contribution is 2.44. The molecule has 2 N–H and O–H groups in total. The summed E-state index contributed by atoms with van der Waals surface area (Å²) in [6.07, 6.45) is 0. The molecule has 0 spiro atoms. The highest BCUT2D eigenvalue weighted by molar-refractivity contribution is 9.10. The molecule has 3 fully saturated rings. The topological polar surface area (TPSA) is 202 Å². The molecule has 3 aliphatic heterocycles. The van der Waals surface area contributed by atoms with Gasteiger partial charge in [0.2, 0.25) is 5.28 Å². The van der Waals surface area contributed by atoms with Gasteiger partial charge in [-0.3, -0.25) is 0 Å². The van der Waals surface area contributed by atoms with Crippen molar-refractivity contribution < 1.29 is 55.1 Å². The fourth-order valence-corrected chi connectivity index (χ4v) is 13.2. The van der Waals surface area contributed by atoms with Crippen molar-refractivity contribution in [2.75, 3.05) is 24.9 Å². The van der Waals surface area contributed by atoms with E-state index in [0.717, 1.165) is 99.1 Å². The van der Waals surface area contributed by atoms with Crippen LogP contribution in [0.4, 0.5) is 11.6 Å². The second-order valence-electron chi connectivity index (χ2n) is 29.9. The van der Waals surface area contributed by atoms with Crippen LogP contribution >= 0.6 is 27.5 Å².